The Morgan fingerprint density at radius 2 is 1.82 bits per heavy atom. The van der Waals surface area contributed by atoms with Gasteiger partial charge in [-0.15, -0.1) is 13.2 Å². The highest BCUT2D eigenvalue weighted by Gasteiger charge is 2.28. The fraction of sp³-hybridized carbons (Fsp3) is 0.474. The molecule has 1 aliphatic carbocycles. The minimum absolute atomic E-state index is 0.351. The van der Waals surface area contributed by atoms with Crippen molar-refractivity contribution in [3.8, 4) is 5.75 Å². The number of nitrogens with zero attached hydrogens (tertiary/aromatic N) is 1. The van der Waals surface area contributed by atoms with Crippen molar-refractivity contribution in [1.82, 2.24) is 4.90 Å². The Kier molecular flexibility index (Phi) is 6.69. The van der Waals surface area contributed by atoms with Crippen LogP contribution in [0.1, 0.15) is 24.8 Å². The van der Waals surface area contributed by atoms with E-state index in [1.54, 1.807) is 7.11 Å². The van der Waals surface area contributed by atoms with E-state index >= 15 is 0 Å². The van der Waals surface area contributed by atoms with Crippen LogP contribution >= 0.6 is 0 Å². The van der Waals surface area contributed by atoms with Gasteiger partial charge in [-0.05, 0) is 37.0 Å². The van der Waals surface area contributed by atoms with Crippen molar-refractivity contribution in [3.05, 3.63) is 55.1 Å². The second kappa shape index (κ2) is 8.76. The number of benzene rings is 1. The molecule has 2 unspecified atom stereocenters. The molecule has 0 radical (unpaired) electrons. The zero-order valence-electron chi connectivity index (χ0n) is 13.5. The van der Waals surface area contributed by atoms with E-state index in [2.05, 4.69) is 30.2 Å². The second-order valence-electron chi connectivity index (χ2n) is 5.78. The van der Waals surface area contributed by atoms with E-state index in [-0.39, 0.29) is 0 Å². The first kappa shape index (κ1) is 16.8. The molecule has 2 rings (SSSR count). The van der Waals surface area contributed by atoms with E-state index in [0.717, 1.165) is 31.7 Å². The summed E-state index contributed by atoms with van der Waals surface area (Å²) in [7, 11) is 1.68. The Morgan fingerprint density at radius 3 is 2.41 bits per heavy atom. The lowest BCUT2D eigenvalue weighted by Gasteiger charge is -2.26. The Balaban J connectivity index is 1.79. The molecule has 0 amide bonds. The van der Waals surface area contributed by atoms with Gasteiger partial charge in [0.2, 0.25) is 0 Å². The van der Waals surface area contributed by atoms with Crippen LogP contribution in [0.5, 0.6) is 5.75 Å². The Morgan fingerprint density at radius 1 is 1.14 bits per heavy atom. The molecule has 0 aliphatic heterocycles. The summed E-state index contributed by atoms with van der Waals surface area (Å²) in [5, 5.41) is 0. The Bertz CT molecular complexity index is 459. The predicted octanol–water partition coefficient (Wildman–Crippen LogP) is 3.81. The molecular formula is C19H27NO2. The summed E-state index contributed by atoms with van der Waals surface area (Å²) in [5.74, 6) is 0.883. The van der Waals surface area contributed by atoms with Crippen LogP contribution in [0.4, 0.5) is 0 Å². The normalized spacial score (nSPS) is 21.0. The van der Waals surface area contributed by atoms with Crippen LogP contribution in [0.15, 0.2) is 49.6 Å². The van der Waals surface area contributed by atoms with Gasteiger partial charge in [0, 0.05) is 19.1 Å². The van der Waals surface area contributed by atoms with Crippen LogP contribution in [0.2, 0.25) is 0 Å². The maximum atomic E-state index is 6.08. The van der Waals surface area contributed by atoms with Crippen LogP contribution in [0, 0.1) is 0 Å². The molecule has 1 aliphatic rings. The topological polar surface area (TPSA) is 21.7 Å². The van der Waals surface area contributed by atoms with Gasteiger partial charge in [0.15, 0.2) is 0 Å². The molecule has 3 nitrogen and oxygen atoms in total. The lowest BCUT2D eigenvalue weighted by molar-refractivity contribution is 0.0403. The van der Waals surface area contributed by atoms with Gasteiger partial charge in [0.05, 0.1) is 19.8 Å². The Hall–Kier alpha value is -1.58. The molecular weight excluding hydrogens is 274 g/mol. The molecule has 0 N–H and O–H groups in total. The molecule has 0 saturated heterocycles. The van der Waals surface area contributed by atoms with Crippen LogP contribution in [-0.4, -0.2) is 37.2 Å². The highest BCUT2D eigenvalue weighted by molar-refractivity contribution is 5.26. The molecule has 0 bridgehead atoms. The van der Waals surface area contributed by atoms with Crippen LogP contribution in [0.25, 0.3) is 0 Å². The molecule has 22 heavy (non-hydrogen) atoms. The summed E-state index contributed by atoms with van der Waals surface area (Å²) in [4.78, 5) is 2.43. The molecule has 3 heteroatoms. The molecule has 1 aromatic rings. The van der Waals surface area contributed by atoms with Crippen molar-refractivity contribution in [2.24, 2.45) is 0 Å². The van der Waals surface area contributed by atoms with Crippen LogP contribution in [-0.2, 0) is 11.3 Å². The summed E-state index contributed by atoms with van der Waals surface area (Å²) in [6, 6.07) is 8.66. The zero-order valence-corrected chi connectivity index (χ0v) is 13.5. The third kappa shape index (κ3) is 4.72. The first-order valence-corrected chi connectivity index (χ1v) is 7.97. The van der Waals surface area contributed by atoms with Gasteiger partial charge < -0.3 is 9.47 Å². The van der Waals surface area contributed by atoms with Gasteiger partial charge in [0.1, 0.15) is 5.75 Å². The monoisotopic (exact) mass is 301 g/mol. The minimum atomic E-state index is 0.351. The number of rotatable bonds is 9. The molecule has 0 spiro atoms. The van der Waals surface area contributed by atoms with E-state index in [1.165, 1.54) is 12.0 Å². The molecule has 2 atom stereocenters. The molecule has 1 fully saturated rings. The van der Waals surface area contributed by atoms with Gasteiger partial charge in [-0.25, -0.2) is 0 Å². The third-order valence-corrected chi connectivity index (χ3v) is 4.25. The first-order chi connectivity index (χ1) is 10.8. The summed E-state index contributed by atoms with van der Waals surface area (Å²) in [6.07, 6.45) is 7.70. The van der Waals surface area contributed by atoms with Crippen molar-refractivity contribution in [2.45, 2.75) is 38.0 Å². The van der Waals surface area contributed by atoms with Crippen molar-refractivity contribution >= 4 is 0 Å². The average Bonchev–Trinajstić information content (AvgIpc) is 3.02. The Labute approximate surface area is 134 Å². The predicted molar refractivity (Wildman–Crippen MR) is 91.2 cm³/mol. The largest absolute Gasteiger partial charge is 0.497 e. The standard InChI is InChI=1S/C19H27NO2/c1-4-12-20(13-5-2)17-8-11-19(14-17)22-15-16-6-9-18(21-3)10-7-16/h4-7,9-10,17,19H,1-2,8,11-15H2,3H3. The summed E-state index contributed by atoms with van der Waals surface area (Å²) in [5.41, 5.74) is 1.19. The maximum Gasteiger partial charge on any atom is 0.118 e. The van der Waals surface area contributed by atoms with E-state index < -0.39 is 0 Å². The van der Waals surface area contributed by atoms with E-state index in [1.807, 2.05) is 24.3 Å². The molecule has 0 aromatic heterocycles. The van der Waals surface area contributed by atoms with E-state index in [4.69, 9.17) is 9.47 Å². The molecule has 120 valence electrons. The van der Waals surface area contributed by atoms with E-state index in [9.17, 15) is 0 Å². The lowest BCUT2D eigenvalue weighted by atomic mass is 10.2. The quantitative estimate of drug-likeness (QED) is 0.647. The van der Waals surface area contributed by atoms with Gasteiger partial charge in [0.25, 0.3) is 0 Å². The zero-order chi connectivity index (χ0) is 15.8. The summed E-state index contributed by atoms with van der Waals surface area (Å²) in [6.45, 7) is 10.2. The molecule has 1 aromatic carbocycles. The van der Waals surface area contributed by atoms with Gasteiger partial charge in [-0.3, -0.25) is 4.90 Å². The van der Waals surface area contributed by atoms with Crippen LogP contribution < -0.4 is 4.74 Å². The minimum Gasteiger partial charge on any atom is -0.497 e. The van der Waals surface area contributed by atoms with Crippen molar-refractivity contribution in [2.75, 3.05) is 20.2 Å². The SMILES string of the molecule is C=CCN(CC=C)C1CCC(OCc2ccc(OC)cc2)C1. The van der Waals surface area contributed by atoms with Crippen molar-refractivity contribution < 1.29 is 9.47 Å². The highest BCUT2D eigenvalue weighted by Crippen LogP contribution is 2.27. The van der Waals surface area contributed by atoms with Crippen LogP contribution in [0.3, 0.4) is 0 Å². The molecule has 1 saturated carbocycles. The highest BCUT2D eigenvalue weighted by atomic mass is 16.5. The number of ether oxygens (including phenoxy) is 2. The number of hydrogen-bond acceptors (Lipinski definition) is 3. The van der Waals surface area contributed by atoms with Crippen molar-refractivity contribution in [3.63, 3.8) is 0 Å². The molecule has 0 heterocycles. The average molecular weight is 301 g/mol. The summed E-state index contributed by atoms with van der Waals surface area (Å²) >= 11 is 0. The smallest absolute Gasteiger partial charge is 0.118 e. The van der Waals surface area contributed by atoms with Gasteiger partial charge >= 0.3 is 0 Å². The van der Waals surface area contributed by atoms with E-state index in [0.29, 0.717) is 18.8 Å². The number of hydrogen-bond donors (Lipinski definition) is 0. The van der Waals surface area contributed by atoms with Gasteiger partial charge in [-0.1, -0.05) is 24.3 Å². The fourth-order valence-electron chi connectivity index (χ4n) is 3.04. The third-order valence-electron chi connectivity index (χ3n) is 4.25. The second-order valence-corrected chi connectivity index (χ2v) is 5.78. The fourth-order valence-corrected chi connectivity index (χ4v) is 3.04. The van der Waals surface area contributed by atoms with Crippen molar-refractivity contribution in [1.29, 1.82) is 0 Å². The lowest BCUT2D eigenvalue weighted by Crippen LogP contribution is -2.34. The van der Waals surface area contributed by atoms with Gasteiger partial charge in [-0.2, -0.15) is 0 Å². The number of methoxy groups -OCH3 is 1. The summed E-state index contributed by atoms with van der Waals surface area (Å²) < 4.78 is 11.3. The maximum absolute atomic E-state index is 6.08. The first-order valence-electron chi connectivity index (χ1n) is 7.97.